The first-order valence-electron chi connectivity index (χ1n) is 15.3. The number of benzene rings is 1. The Bertz CT molecular complexity index is 622. The Balaban J connectivity index is 2.48. The van der Waals surface area contributed by atoms with Crippen molar-refractivity contribution >= 4 is 12.8 Å². The standard InChI is InChI=1S/C32H59O2P/c1-5-9-10-11-12-13-14-15-16-17-18-19-20-24-30-35(27-6-2,28-7-3,29-8-4)34-32(33)31-25-22-21-23-26-31/h21-23,25-26H,5-20,24,27-30H2,1-4H3. The summed E-state index contributed by atoms with van der Waals surface area (Å²) >= 11 is 0. The first kappa shape index (κ1) is 32.1. The minimum absolute atomic E-state index is 0.0796. The average molecular weight is 507 g/mol. The van der Waals surface area contributed by atoms with Gasteiger partial charge >= 0.3 is 193 Å². The van der Waals surface area contributed by atoms with Gasteiger partial charge in [-0.15, -0.1) is 0 Å². The van der Waals surface area contributed by atoms with Crippen LogP contribution in [0.5, 0.6) is 0 Å². The quantitative estimate of drug-likeness (QED) is 0.109. The van der Waals surface area contributed by atoms with E-state index in [4.69, 9.17) is 4.52 Å². The molecular weight excluding hydrogens is 447 g/mol. The first-order valence-corrected chi connectivity index (χ1v) is 18.2. The van der Waals surface area contributed by atoms with Gasteiger partial charge in [0, 0.05) is 0 Å². The third-order valence-electron chi connectivity index (χ3n) is 7.80. The summed E-state index contributed by atoms with van der Waals surface area (Å²) in [6, 6.07) is 9.67. The molecule has 2 nitrogen and oxygen atoms in total. The number of carbonyl (C=O) groups is 1. The van der Waals surface area contributed by atoms with E-state index >= 15 is 0 Å². The molecule has 0 unspecified atom stereocenters. The zero-order chi connectivity index (χ0) is 25.7. The van der Waals surface area contributed by atoms with Crippen molar-refractivity contribution in [1.29, 1.82) is 0 Å². The van der Waals surface area contributed by atoms with Crippen LogP contribution in [-0.4, -0.2) is 30.6 Å². The van der Waals surface area contributed by atoms with Crippen LogP contribution in [0.25, 0.3) is 0 Å². The van der Waals surface area contributed by atoms with Crippen molar-refractivity contribution in [1.82, 2.24) is 0 Å². The third kappa shape index (κ3) is 12.8. The molecule has 0 aliphatic rings. The van der Waals surface area contributed by atoms with Crippen LogP contribution in [0.4, 0.5) is 0 Å². The topological polar surface area (TPSA) is 26.3 Å². The van der Waals surface area contributed by atoms with E-state index in [1.807, 2.05) is 30.3 Å². The van der Waals surface area contributed by atoms with Crippen molar-refractivity contribution in [3.05, 3.63) is 35.9 Å². The van der Waals surface area contributed by atoms with Crippen molar-refractivity contribution < 1.29 is 9.32 Å². The summed E-state index contributed by atoms with van der Waals surface area (Å²) in [6.45, 7) is 6.57. The summed E-state index contributed by atoms with van der Waals surface area (Å²) in [6.07, 6.45) is 27.1. The molecule has 0 amide bonds. The molecule has 0 fully saturated rings. The number of hydrogen-bond acceptors (Lipinski definition) is 2. The van der Waals surface area contributed by atoms with Gasteiger partial charge in [-0.1, -0.05) is 26.2 Å². The van der Waals surface area contributed by atoms with Gasteiger partial charge in [0.2, 0.25) is 0 Å². The van der Waals surface area contributed by atoms with Gasteiger partial charge in [-0.05, 0) is 0 Å². The summed E-state index contributed by atoms with van der Waals surface area (Å²) in [5, 5.41) is 0. The van der Waals surface area contributed by atoms with Crippen molar-refractivity contribution in [2.45, 2.75) is 137 Å². The van der Waals surface area contributed by atoms with Crippen LogP contribution in [0.1, 0.15) is 147 Å². The summed E-state index contributed by atoms with van der Waals surface area (Å²) in [4.78, 5) is 13.2. The van der Waals surface area contributed by atoms with Crippen LogP contribution in [0.15, 0.2) is 30.3 Å². The second-order valence-corrected chi connectivity index (χ2v) is 16.8. The van der Waals surface area contributed by atoms with E-state index in [0.717, 1.165) is 43.9 Å². The molecule has 1 aromatic rings. The van der Waals surface area contributed by atoms with Crippen molar-refractivity contribution in [3.63, 3.8) is 0 Å². The predicted octanol–water partition coefficient (Wildman–Crippen LogP) is 11.0. The van der Waals surface area contributed by atoms with Gasteiger partial charge in [0.1, 0.15) is 0 Å². The first-order chi connectivity index (χ1) is 17.0. The molecule has 0 radical (unpaired) electrons. The van der Waals surface area contributed by atoms with Gasteiger partial charge in [0.25, 0.3) is 0 Å². The Morgan fingerprint density at radius 2 is 0.943 bits per heavy atom. The minimum atomic E-state index is -2.54. The Labute approximate surface area is 219 Å². The molecular formula is C32H59O2P. The van der Waals surface area contributed by atoms with E-state index in [2.05, 4.69) is 27.7 Å². The summed E-state index contributed by atoms with van der Waals surface area (Å²) < 4.78 is 6.74. The second-order valence-electron chi connectivity index (χ2n) is 11.1. The van der Waals surface area contributed by atoms with E-state index in [-0.39, 0.29) is 5.97 Å². The fourth-order valence-corrected chi connectivity index (χ4v) is 12.8. The normalized spacial score (nSPS) is 12.9. The maximum atomic E-state index is 13.2. The summed E-state index contributed by atoms with van der Waals surface area (Å²) in [7, 11) is 0. The summed E-state index contributed by atoms with van der Waals surface area (Å²) in [5.74, 6) is -0.0796. The molecule has 0 N–H and O–H groups in total. The van der Waals surface area contributed by atoms with Crippen LogP contribution in [-0.2, 0) is 4.52 Å². The molecule has 1 aromatic carbocycles. The number of rotatable bonds is 23. The second kappa shape index (κ2) is 19.3. The molecule has 0 aliphatic carbocycles. The molecule has 0 saturated carbocycles. The van der Waals surface area contributed by atoms with E-state index in [9.17, 15) is 4.79 Å². The predicted molar refractivity (Wildman–Crippen MR) is 159 cm³/mol. The molecule has 0 aromatic heterocycles. The molecule has 0 spiro atoms. The van der Waals surface area contributed by atoms with E-state index in [1.54, 1.807) is 0 Å². The number of carbonyl (C=O) groups excluding carboxylic acids is 1. The van der Waals surface area contributed by atoms with Crippen LogP contribution < -0.4 is 0 Å². The van der Waals surface area contributed by atoms with E-state index in [1.165, 1.54) is 89.9 Å². The Hall–Kier alpha value is -0.880. The number of unbranched alkanes of at least 4 members (excludes halogenated alkanes) is 13. The van der Waals surface area contributed by atoms with Gasteiger partial charge in [-0.3, -0.25) is 0 Å². The molecule has 1 rings (SSSR count). The molecule has 3 heteroatoms. The van der Waals surface area contributed by atoms with Gasteiger partial charge in [-0.2, -0.15) is 0 Å². The third-order valence-corrected chi connectivity index (χ3v) is 14.7. The number of hydrogen-bond donors (Lipinski definition) is 0. The fourth-order valence-electron chi connectivity index (χ4n) is 6.12. The van der Waals surface area contributed by atoms with Gasteiger partial charge in [0.15, 0.2) is 0 Å². The van der Waals surface area contributed by atoms with E-state index in [0.29, 0.717) is 5.56 Å². The van der Waals surface area contributed by atoms with Crippen molar-refractivity contribution in [2.75, 3.05) is 24.6 Å². The Morgan fingerprint density at radius 3 is 1.34 bits per heavy atom. The zero-order valence-electron chi connectivity index (χ0n) is 24.0. The van der Waals surface area contributed by atoms with Gasteiger partial charge in [0.05, 0.1) is 0 Å². The molecule has 35 heavy (non-hydrogen) atoms. The molecule has 0 bridgehead atoms. The van der Waals surface area contributed by atoms with Crippen molar-refractivity contribution in [3.8, 4) is 0 Å². The Kier molecular flexibility index (Phi) is 17.7. The van der Waals surface area contributed by atoms with Crippen molar-refractivity contribution in [2.24, 2.45) is 0 Å². The van der Waals surface area contributed by atoms with E-state index < -0.39 is 6.83 Å². The SMILES string of the molecule is CCCCCCCCCCCCCCCCP(CCC)(CCC)(CCC)OC(=O)c1ccccc1. The fraction of sp³-hybridized carbons (Fsp3) is 0.781. The van der Waals surface area contributed by atoms with Gasteiger partial charge in [-0.25, -0.2) is 0 Å². The monoisotopic (exact) mass is 506 g/mol. The average Bonchev–Trinajstić information content (AvgIpc) is 2.85. The molecule has 0 heterocycles. The van der Waals surface area contributed by atoms with Gasteiger partial charge < -0.3 is 0 Å². The molecule has 0 aliphatic heterocycles. The van der Waals surface area contributed by atoms with Crippen LogP contribution in [0.2, 0.25) is 0 Å². The Morgan fingerprint density at radius 1 is 0.543 bits per heavy atom. The molecule has 204 valence electrons. The maximum absolute atomic E-state index is 13.2. The summed E-state index contributed by atoms with van der Waals surface area (Å²) in [5.41, 5.74) is 0.714. The van der Waals surface area contributed by atoms with Crippen LogP contribution >= 0.6 is 6.83 Å². The van der Waals surface area contributed by atoms with Crippen LogP contribution in [0.3, 0.4) is 0 Å². The zero-order valence-corrected chi connectivity index (χ0v) is 24.9. The molecule has 0 saturated heterocycles. The molecule has 0 atom stereocenters. The van der Waals surface area contributed by atoms with Crippen LogP contribution in [0, 0.1) is 0 Å².